The summed E-state index contributed by atoms with van der Waals surface area (Å²) in [6, 6.07) is 20.9. The summed E-state index contributed by atoms with van der Waals surface area (Å²) in [4.78, 5) is 16.3. The fourth-order valence-electron chi connectivity index (χ4n) is 4.51. The highest BCUT2D eigenvalue weighted by Gasteiger charge is 2.27. The second-order valence-electron chi connectivity index (χ2n) is 8.38. The summed E-state index contributed by atoms with van der Waals surface area (Å²) < 4.78 is 18.3. The van der Waals surface area contributed by atoms with Gasteiger partial charge in [-0.25, -0.2) is 0 Å². The van der Waals surface area contributed by atoms with E-state index in [1.165, 1.54) is 12.7 Å². The minimum Gasteiger partial charge on any atom is -0.493 e. The summed E-state index contributed by atoms with van der Waals surface area (Å²) in [5, 5.41) is 3.51. The number of hydrogen-bond acceptors (Lipinski definition) is 6. The standard InChI is InChI=1S/C27H27N3O4/c1-17-18(7-6-10-23(17)30-24-9-5-4-8-22(24)29-27(30)33-3)15-28-20-11-12-21-19(13-26(31)32-2)16-34-25(21)14-20/h4-12,14,19,28H,13,15-16H2,1-3H3/t19-/m1/s1. The molecule has 1 N–H and O–H groups in total. The summed E-state index contributed by atoms with van der Waals surface area (Å²) in [5.74, 6) is 0.635. The van der Waals surface area contributed by atoms with Gasteiger partial charge in [0, 0.05) is 29.8 Å². The van der Waals surface area contributed by atoms with Crippen LogP contribution in [0.5, 0.6) is 11.8 Å². The third kappa shape index (κ3) is 3.94. The first-order chi connectivity index (χ1) is 16.6. The summed E-state index contributed by atoms with van der Waals surface area (Å²) in [6.45, 7) is 3.26. The van der Waals surface area contributed by atoms with Crippen LogP contribution >= 0.6 is 0 Å². The van der Waals surface area contributed by atoms with Crippen molar-refractivity contribution < 1.29 is 19.0 Å². The van der Waals surface area contributed by atoms with E-state index in [9.17, 15) is 4.79 Å². The molecule has 174 valence electrons. The first kappa shape index (κ1) is 21.8. The molecule has 0 saturated carbocycles. The summed E-state index contributed by atoms with van der Waals surface area (Å²) in [6.07, 6.45) is 0.328. The van der Waals surface area contributed by atoms with Gasteiger partial charge in [0.25, 0.3) is 0 Å². The van der Waals surface area contributed by atoms with Gasteiger partial charge in [-0.2, -0.15) is 4.98 Å². The molecule has 0 radical (unpaired) electrons. The highest BCUT2D eigenvalue weighted by Crippen LogP contribution is 2.38. The first-order valence-electron chi connectivity index (χ1n) is 11.3. The van der Waals surface area contributed by atoms with E-state index < -0.39 is 0 Å². The number of esters is 1. The van der Waals surface area contributed by atoms with Crippen molar-refractivity contribution in [3.63, 3.8) is 0 Å². The van der Waals surface area contributed by atoms with Crippen molar-refractivity contribution in [3.8, 4) is 17.4 Å². The number of imidazole rings is 1. The largest absolute Gasteiger partial charge is 0.493 e. The van der Waals surface area contributed by atoms with E-state index in [1.54, 1.807) is 7.11 Å². The van der Waals surface area contributed by atoms with Crippen LogP contribution in [0.3, 0.4) is 0 Å². The molecule has 0 spiro atoms. The van der Waals surface area contributed by atoms with Gasteiger partial charge in [0.1, 0.15) is 5.75 Å². The molecule has 2 heterocycles. The monoisotopic (exact) mass is 457 g/mol. The Morgan fingerprint density at radius 2 is 2.00 bits per heavy atom. The number of para-hydroxylation sites is 2. The minimum absolute atomic E-state index is 0.0374. The zero-order valence-corrected chi connectivity index (χ0v) is 19.5. The Morgan fingerprint density at radius 3 is 2.82 bits per heavy atom. The molecule has 1 atom stereocenters. The van der Waals surface area contributed by atoms with Crippen molar-refractivity contribution in [2.75, 3.05) is 26.1 Å². The second kappa shape index (κ2) is 9.09. The number of carbonyl (C=O) groups is 1. The number of hydrogen-bond donors (Lipinski definition) is 1. The minimum atomic E-state index is -0.221. The smallest absolute Gasteiger partial charge is 0.306 e. The molecule has 3 aromatic carbocycles. The van der Waals surface area contributed by atoms with Crippen LogP contribution in [0.1, 0.15) is 29.0 Å². The van der Waals surface area contributed by atoms with Gasteiger partial charge in [-0.15, -0.1) is 0 Å². The Morgan fingerprint density at radius 1 is 1.15 bits per heavy atom. The number of fused-ring (bicyclic) bond motifs is 2. The SMILES string of the molecule is COC(=O)C[C@@H]1COc2cc(NCc3cccc(-n4c(OC)nc5ccccc54)c3C)ccc21. The molecule has 4 aromatic rings. The molecule has 0 bridgehead atoms. The number of ether oxygens (including phenoxy) is 3. The molecule has 0 aliphatic carbocycles. The maximum absolute atomic E-state index is 11.7. The Kier molecular flexibility index (Phi) is 5.84. The van der Waals surface area contributed by atoms with Crippen molar-refractivity contribution >= 4 is 22.7 Å². The third-order valence-electron chi connectivity index (χ3n) is 6.39. The number of benzene rings is 3. The van der Waals surface area contributed by atoms with Gasteiger partial charge in [0.2, 0.25) is 0 Å². The van der Waals surface area contributed by atoms with E-state index in [4.69, 9.17) is 14.2 Å². The van der Waals surface area contributed by atoms with Crippen LogP contribution in [-0.4, -0.2) is 36.3 Å². The van der Waals surface area contributed by atoms with Gasteiger partial charge in [-0.05, 0) is 42.3 Å². The Labute approximate surface area is 198 Å². The van der Waals surface area contributed by atoms with E-state index in [0.29, 0.717) is 25.6 Å². The number of aromatic nitrogens is 2. The molecule has 0 fully saturated rings. The van der Waals surface area contributed by atoms with E-state index in [0.717, 1.165) is 39.3 Å². The van der Waals surface area contributed by atoms with Crippen LogP contribution in [0, 0.1) is 6.92 Å². The van der Waals surface area contributed by atoms with Crippen LogP contribution in [0.4, 0.5) is 5.69 Å². The number of nitrogens with one attached hydrogen (secondary N) is 1. The topological polar surface area (TPSA) is 74.6 Å². The predicted octanol–water partition coefficient (Wildman–Crippen LogP) is 4.99. The number of methoxy groups -OCH3 is 2. The van der Waals surface area contributed by atoms with Crippen molar-refractivity contribution in [2.24, 2.45) is 0 Å². The third-order valence-corrected chi connectivity index (χ3v) is 6.39. The van der Waals surface area contributed by atoms with Crippen molar-refractivity contribution in [2.45, 2.75) is 25.8 Å². The molecular formula is C27H27N3O4. The molecular weight excluding hydrogens is 430 g/mol. The van der Waals surface area contributed by atoms with Gasteiger partial charge in [-0.3, -0.25) is 9.36 Å². The van der Waals surface area contributed by atoms with E-state index in [1.807, 2.05) is 42.5 Å². The molecule has 34 heavy (non-hydrogen) atoms. The lowest BCUT2D eigenvalue weighted by molar-refractivity contribution is -0.141. The highest BCUT2D eigenvalue weighted by molar-refractivity contribution is 5.79. The lowest BCUT2D eigenvalue weighted by Gasteiger charge is -2.16. The van der Waals surface area contributed by atoms with Gasteiger partial charge < -0.3 is 19.5 Å². The van der Waals surface area contributed by atoms with Crippen molar-refractivity contribution in [1.29, 1.82) is 0 Å². The number of rotatable bonds is 7. The van der Waals surface area contributed by atoms with Crippen LogP contribution in [-0.2, 0) is 16.1 Å². The summed E-state index contributed by atoms with van der Waals surface area (Å²) in [5.41, 5.74) is 7.26. The number of carbonyl (C=O) groups excluding carboxylic acids is 1. The lowest BCUT2D eigenvalue weighted by Crippen LogP contribution is -2.09. The van der Waals surface area contributed by atoms with Crippen LogP contribution in [0.2, 0.25) is 0 Å². The Bertz CT molecular complexity index is 1360. The maximum atomic E-state index is 11.7. The van der Waals surface area contributed by atoms with Gasteiger partial charge >= 0.3 is 12.0 Å². The fraction of sp³-hybridized carbons (Fsp3) is 0.259. The molecule has 0 unspecified atom stereocenters. The van der Waals surface area contributed by atoms with Crippen LogP contribution < -0.4 is 14.8 Å². The number of anilines is 1. The normalized spacial score (nSPS) is 14.5. The van der Waals surface area contributed by atoms with Gasteiger partial charge in [-0.1, -0.05) is 30.3 Å². The van der Waals surface area contributed by atoms with E-state index >= 15 is 0 Å². The zero-order chi connectivity index (χ0) is 23.7. The predicted molar refractivity (Wildman–Crippen MR) is 131 cm³/mol. The molecule has 1 aromatic heterocycles. The van der Waals surface area contributed by atoms with Crippen LogP contribution in [0.15, 0.2) is 60.7 Å². The molecule has 5 rings (SSSR count). The molecule has 1 aliphatic heterocycles. The average Bonchev–Trinajstić information content (AvgIpc) is 3.44. The van der Waals surface area contributed by atoms with Crippen molar-refractivity contribution in [3.05, 3.63) is 77.4 Å². The number of nitrogens with zero attached hydrogens (tertiary/aromatic N) is 2. The Hall–Kier alpha value is -4.00. The fourth-order valence-corrected chi connectivity index (χ4v) is 4.51. The van der Waals surface area contributed by atoms with E-state index in [-0.39, 0.29) is 11.9 Å². The summed E-state index contributed by atoms with van der Waals surface area (Å²) >= 11 is 0. The van der Waals surface area contributed by atoms with Crippen molar-refractivity contribution in [1.82, 2.24) is 9.55 Å². The van der Waals surface area contributed by atoms with Crippen LogP contribution in [0.25, 0.3) is 16.7 Å². The Balaban J connectivity index is 1.38. The second-order valence-corrected chi connectivity index (χ2v) is 8.38. The van der Waals surface area contributed by atoms with Gasteiger partial charge in [0.15, 0.2) is 0 Å². The molecule has 0 saturated heterocycles. The molecule has 7 nitrogen and oxygen atoms in total. The average molecular weight is 458 g/mol. The maximum Gasteiger partial charge on any atom is 0.306 e. The zero-order valence-electron chi connectivity index (χ0n) is 19.5. The van der Waals surface area contributed by atoms with E-state index in [2.05, 4.69) is 40.0 Å². The molecule has 7 heteroatoms. The molecule has 1 aliphatic rings. The quantitative estimate of drug-likeness (QED) is 0.394. The highest BCUT2D eigenvalue weighted by atomic mass is 16.5. The molecule has 0 amide bonds. The van der Waals surface area contributed by atoms with Gasteiger partial charge in [0.05, 0.1) is 44.0 Å². The first-order valence-corrected chi connectivity index (χ1v) is 11.3. The lowest BCUT2D eigenvalue weighted by atomic mass is 9.97. The summed E-state index contributed by atoms with van der Waals surface area (Å²) in [7, 11) is 3.05.